The fourth-order valence-electron chi connectivity index (χ4n) is 0.492. The minimum absolute atomic E-state index is 0.227. The Morgan fingerprint density at radius 2 is 1.93 bits per heavy atom. The summed E-state index contributed by atoms with van der Waals surface area (Å²) >= 11 is 8.93. The minimum atomic E-state index is 0.227. The van der Waals surface area contributed by atoms with Crippen LogP contribution in [0.3, 0.4) is 0 Å². The Labute approximate surface area is 94.1 Å². The van der Waals surface area contributed by atoms with Crippen LogP contribution in [-0.2, 0) is 0 Å². The number of nitrogens with one attached hydrogen (secondary N) is 1. The Morgan fingerprint density at radius 1 is 1.21 bits per heavy atom. The van der Waals surface area contributed by atoms with Crippen LogP contribution in [0.1, 0.15) is 0 Å². The molecule has 2 rings (SSSR count). The highest BCUT2D eigenvalue weighted by atomic mass is 32.2. The third-order valence-electron chi connectivity index (χ3n) is 0.921. The van der Waals surface area contributed by atoms with Crippen LogP contribution in [0.2, 0.25) is 0 Å². The van der Waals surface area contributed by atoms with Gasteiger partial charge in [0.25, 0.3) is 0 Å². The van der Waals surface area contributed by atoms with E-state index in [4.69, 9.17) is 11.5 Å². The highest BCUT2D eigenvalue weighted by Crippen LogP contribution is 2.13. The van der Waals surface area contributed by atoms with Crippen LogP contribution in [-0.4, -0.2) is 25.4 Å². The number of aromatic amines is 1. The van der Waals surface area contributed by atoms with Gasteiger partial charge in [0, 0.05) is 0 Å². The lowest BCUT2D eigenvalue weighted by atomic mass is 11.1. The molecular formula is C4H7N7S3. The van der Waals surface area contributed by atoms with E-state index < -0.39 is 0 Å². The third-order valence-corrected chi connectivity index (χ3v) is 2.04. The van der Waals surface area contributed by atoms with E-state index in [9.17, 15) is 0 Å². The van der Waals surface area contributed by atoms with E-state index >= 15 is 0 Å². The quantitative estimate of drug-likeness (QED) is 0.422. The van der Waals surface area contributed by atoms with Crippen LogP contribution < -0.4 is 11.5 Å². The fraction of sp³-hybridized carbons (Fsp3) is 0. The van der Waals surface area contributed by atoms with Crippen LogP contribution in [0, 0.1) is 0 Å². The van der Waals surface area contributed by atoms with Crippen LogP contribution >= 0.6 is 36.6 Å². The smallest absolute Gasteiger partial charge is 0.240 e. The summed E-state index contributed by atoms with van der Waals surface area (Å²) in [4.78, 5) is 3.59. The van der Waals surface area contributed by atoms with E-state index in [1.165, 1.54) is 11.3 Å². The fourth-order valence-corrected chi connectivity index (χ4v) is 1.32. The molecule has 0 atom stereocenters. The Hall–Kier alpha value is -1.000. The Morgan fingerprint density at radius 3 is 2.07 bits per heavy atom. The zero-order chi connectivity index (χ0) is 10.6. The molecule has 7 nitrogen and oxygen atoms in total. The number of rotatable bonds is 0. The van der Waals surface area contributed by atoms with Gasteiger partial charge >= 0.3 is 0 Å². The SMILES string of the molecule is Nc1n[nH]c(S)n1.Nc1nnc(S)s1. The van der Waals surface area contributed by atoms with Crippen molar-refractivity contribution in [3.05, 3.63) is 0 Å². The van der Waals surface area contributed by atoms with E-state index in [2.05, 4.69) is 50.6 Å². The monoisotopic (exact) mass is 249 g/mol. The number of nitrogens with two attached hydrogens (primary N) is 2. The molecule has 0 fully saturated rings. The van der Waals surface area contributed by atoms with Crippen molar-refractivity contribution in [3.63, 3.8) is 0 Å². The van der Waals surface area contributed by atoms with Gasteiger partial charge in [-0.05, 0) is 0 Å². The summed E-state index contributed by atoms with van der Waals surface area (Å²) in [5.74, 6) is 0.227. The van der Waals surface area contributed by atoms with Gasteiger partial charge in [0.2, 0.25) is 11.1 Å². The van der Waals surface area contributed by atoms with Gasteiger partial charge in [-0.15, -0.1) is 40.6 Å². The second-order valence-electron chi connectivity index (χ2n) is 1.94. The van der Waals surface area contributed by atoms with E-state index in [1.807, 2.05) is 0 Å². The molecule has 0 aliphatic heterocycles. The lowest BCUT2D eigenvalue weighted by Crippen LogP contribution is -1.84. The first-order valence-corrected chi connectivity index (χ1v) is 4.94. The molecule has 2 heterocycles. The van der Waals surface area contributed by atoms with Crippen LogP contribution in [0.25, 0.3) is 0 Å². The number of nitrogen functional groups attached to an aromatic ring is 2. The first-order valence-electron chi connectivity index (χ1n) is 3.22. The van der Waals surface area contributed by atoms with Crippen LogP contribution in [0.15, 0.2) is 9.50 Å². The summed E-state index contributed by atoms with van der Waals surface area (Å²) in [5.41, 5.74) is 10.3. The molecular weight excluding hydrogens is 242 g/mol. The topological polar surface area (TPSA) is 119 Å². The number of anilines is 2. The highest BCUT2D eigenvalue weighted by molar-refractivity contribution is 7.82. The van der Waals surface area contributed by atoms with Crippen molar-refractivity contribution in [2.75, 3.05) is 11.5 Å². The largest absolute Gasteiger partial charge is 0.374 e. The van der Waals surface area contributed by atoms with Gasteiger partial charge in [-0.3, -0.25) is 5.10 Å². The van der Waals surface area contributed by atoms with Crippen molar-refractivity contribution in [1.29, 1.82) is 0 Å². The normalized spacial score (nSPS) is 9.29. The molecule has 0 unspecified atom stereocenters. The number of H-pyrrole nitrogens is 1. The lowest BCUT2D eigenvalue weighted by molar-refractivity contribution is 0.980. The molecule has 5 N–H and O–H groups in total. The maximum absolute atomic E-state index is 5.17. The number of nitrogens with zero attached hydrogens (tertiary/aromatic N) is 4. The Balaban J connectivity index is 0.000000140. The molecule has 0 amide bonds. The zero-order valence-corrected chi connectivity index (χ0v) is 9.35. The standard InChI is InChI=1S/C2H4N4S.C2H3N3S2/c3-1-4-2(7)6-5-1;3-1-4-5-2(6)7-1/h(H4,3,4,5,6,7);(H2,3,4)(H,5,6). The van der Waals surface area contributed by atoms with Crippen LogP contribution in [0.5, 0.6) is 0 Å². The first-order chi connectivity index (χ1) is 6.58. The van der Waals surface area contributed by atoms with Gasteiger partial charge in [-0.2, -0.15) is 4.98 Å². The Bertz CT molecular complexity index is 324. The van der Waals surface area contributed by atoms with Crippen molar-refractivity contribution < 1.29 is 0 Å². The van der Waals surface area contributed by atoms with Crippen molar-refractivity contribution in [1.82, 2.24) is 25.4 Å². The van der Waals surface area contributed by atoms with Crippen molar-refractivity contribution in [2.24, 2.45) is 0 Å². The summed E-state index contributed by atoms with van der Waals surface area (Å²) in [6, 6.07) is 0. The van der Waals surface area contributed by atoms with E-state index in [-0.39, 0.29) is 5.95 Å². The average molecular weight is 249 g/mol. The predicted octanol–water partition coefficient (Wildman–Crippen LogP) is 0.0846. The number of hydrogen-bond acceptors (Lipinski definition) is 9. The molecule has 2 aromatic heterocycles. The van der Waals surface area contributed by atoms with E-state index in [0.29, 0.717) is 14.6 Å². The van der Waals surface area contributed by atoms with Gasteiger partial charge in [-0.25, -0.2) is 0 Å². The number of thiol groups is 2. The molecule has 0 saturated heterocycles. The molecule has 0 aliphatic carbocycles. The molecule has 0 aliphatic rings. The summed E-state index contributed by atoms with van der Waals surface area (Å²) in [7, 11) is 0. The van der Waals surface area contributed by atoms with E-state index in [0.717, 1.165) is 0 Å². The van der Waals surface area contributed by atoms with Gasteiger partial charge < -0.3 is 11.5 Å². The van der Waals surface area contributed by atoms with Gasteiger partial charge in [0.05, 0.1) is 0 Å². The highest BCUT2D eigenvalue weighted by Gasteiger charge is 1.90. The van der Waals surface area contributed by atoms with Gasteiger partial charge in [0.1, 0.15) is 0 Å². The summed E-state index contributed by atoms with van der Waals surface area (Å²) < 4.78 is 0.609. The predicted molar refractivity (Wildman–Crippen MR) is 59.6 cm³/mol. The molecule has 10 heteroatoms. The van der Waals surface area contributed by atoms with Crippen LogP contribution in [0.4, 0.5) is 11.1 Å². The number of aromatic nitrogens is 5. The van der Waals surface area contributed by atoms with Crippen molar-refractivity contribution in [2.45, 2.75) is 9.50 Å². The lowest BCUT2D eigenvalue weighted by Gasteiger charge is -1.67. The molecule has 0 bridgehead atoms. The molecule has 0 spiro atoms. The second kappa shape index (κ2) is 5.02. The first kappa shape index (κ1) is 11.1. The van der Waals surface area contributed by atoms with Gasteiger partial charge in [-0.1, -0.05) is 11.3 Å². The number of hydrogen-bond donors (Lipinski definition) is 5. The molecule has 2 aromatic rings. The maximum Gasteiger partial charge on any atom is 0.240 e. The zero-order valence-electron chi connectivity index (χ0n) is 6.75. The van der Waals surface area contributed by atoms with E-state index in [1.54, 1.807) is 0 Å². The Kier molecular flexibility index (Phi) is 3.98. The van der Waals surface area contributed by atoms with Gasteiger partial charge in [0.15, 0.2) is 9.50 Å². The van der Waals surface area contributed by atoms with Crippen molar-refractivity contribution >= 4 is 47.7 Å². The molecule has 0 radical (unpaired) electrons. The maximum atomic E-state index is 5.17. The molecule has 0 saturated carbocycles. The third kappa shape index (κ3) is 3.81. The summed E-state index contributed by atoms with van der Waals surface area (Å²) in [5, 5.41) is 13.8. The second-order valence-corrected chi connectivity index (χ2v) is 4.10. The molecule has 0 aromatic carbocycles. The summed E-state index contributed by atoms with van der Waals surface area (Å²) in [6.07, 6.45) is 0. The minimum Gasteiger partial charge on any atom is -0.374 e. The summed E-state index contributed by atoms with van der Waals surface area (Å²) in [6.45, 7) is 0. The average Bonchev–Trinajstić information content (AvgIpc) is 2.63. The van der Waals surface area contributed by atoms with Crippen molar-refractivity contribution in [3.8, 4) is 0 Å². The molecule has 76 valence electrons. The molecule has 14 heavy (non-hydrogen) atoms.